The Balaban J connectivity index is 4.24. The largest absolute Gasteiger partial charge is 0.480 e. The van der Waals surface area contributed by atoms with Gasteiger partial charge in [-0.1, -0.05) is 0 Å². The third-order valence-corrected chi connectivity index (χ3v) is 3.14. The number of carbonyl (C=O) groups excluding carboxylic acids is 1. The molecule has 0 aliphatic rings. The zero-order valence-electron chi connectivity index (χ0n) is 10.3. The summed E-state index contributed by atoms with van der Waals surface area (Å²) in [5.74, 6) is -0.313. The molecule has 0 fully saturated rings. The lowest BCUT2D eigenvalue weighted by Gasteiger charge is -2.26. The number of nitrogens with zero attached hydrogens (tertiary/aromatic N) is 1. The maximum Gasteiger partial charge on any atom is 0.328 e. The normalized spacial score (nSPS) is 13.9. The van der Waals surface area contributed by atoms with Crippen molar-refractivity contribution in [2.75, 3.05) is 25.7 Å². The lowest BCUT2D eigenvalue weighted by Crippen LogP contribution is -2.50. The van der Waals surface area contributed by atoms with Gasteiger partial charge in [0.2, 0.25) is 0 Å². The van der Waals surface area contributed by atoms with Crippen molar-refractivity contribution in [1.29, 1.82) is 0 Å². The number of aliphatic hydroxyl groups is 1. The maximum absolute atomic E-state index is 11.7. The van der Waals surface area contributed by atoms with Crippen molar-refractivity contribution < 1.29 is 19.8 Å². The molecule has 0 aromatic heterocycles. The molecule has 0 aliphatic carbocycles. The maximum atomic E-state index is 11.7. The highest BCUT2D eigenvalue weighted by atomic mass is 32.2. The Morgan fingerprint density at radius 2 is 2.06 bits per heavy atom. The van der Waals surface area contributed by atoms with Crippen LogP contribution in [-0.2, 0) is 4.79 Å². The zero-order valence-corrected chi connectivity index (χ0v) is 11.2. The molecule has 0 heterocycles. The van der Waals surface area contributed by atoms with Gasteiger partial charge in [-0.15, -0.1) is 0 Å². The number of hydrogen-bond acceptors (Lipinski definition) is 4. The third-order valence-electron chi connectivity index (χ3n) is 2.50. The first-order valence-corrected chi connectivity index (χ1v) is 6.69. The van der Waals surface area contributed by atoms with Crippen molar-refractivity contribution in [3.8, 4) is 0 Å². The number of carboxylic acids is 1. The molecule has 0 bridgehead atoms. The smallest absolute Gasteiger partial charge is 0.328 e. The number of aliphatic carboxylic acids is 1. The van der Waals surface area contributed by atoms with Crippen LogP contribution in [0.5, 0.6) is 0 Å². The van der Waals surface area contributed by atoms with E-state index in [1.807, 2.05) is 13.2 Å². The van der Waals surface area contributed by atoms with Gasteiger partial charge in [0.05, 0.1) is 6.61 Å². The van der Waals surface area contributed by atoms with Gasteiger partial charge in [0, 0.05) is 13.1 Å². The summed E-state index contributed by atoms with van der Waals surface area (Å²) in [6, 6.07) is -1.71. The van der Waals surface area contributed by atoms with Crippen LogP contribution in [0.3, 0.4) is 0 Å². The van der Waals surface area contributed by atoms with E-state index in [0.717, 1.165) is 12.2 Å². The van der Waals surface area contributed by atoms with Crippen LogP contribution in [0.4, 0.5) is 4.79 Å². The highest BCUT2D eigenvalue weighted by molar-refractivity contribution is 7.98. The fourth-order valence-electron chi connectivity index (χ4n) is 1.12. The molecule has 0 saturated heterocycles. The fraction of sp³-hybridized carbons (Fsp3) is 0.800. The minimum Gasteiger partial charge on any atom is -0.480 e. The molecule has 0 rings (SSSR count). The number of amides is 2. The number of urea groups is 1. The van der Waals surface area contributed by atoms with E-state index in [2.05, 4.69) is 5.32 Å². The number of aliphatic hydroxyl groups excluding tert-OH is 1. The molecule has 0 radical (unpaired) electrons. The van der Waals surface area contributed by atoms with Crippen LogP contribution in [-0.4, -0.2) is 64.9 Å². The second-order valence-electron chi connectivity index (χ2n) is 3.76. The van der Waals surface area contributed by atoms with Crippen molar-refractivity contribution in [2.45, 2.75) is 25.4 Å². The lowest BCUT2D eigenvalue weighted by molar-refractivity contribution is -0.140. The number of carboxylic acid groups (broad SMARTS) is 1. The minimum absolute atomic E-state index is 0.0237. The zero-order chi connectivity index (χ0) is 13.4. The molecular formula is C10H20N2O4S. The van der Waals surface area contributed by atoms with E-state index in [0.29, 0.717) is 0 Å². The molecule has 7 heteroatoms. The average Bonchev–Trinajstić information content (AvgIpc) is 2.30. The first-order chi connectivity index (χ1) is 7.93. The van der Waals surface area contributed by atoms with E-state index < -0.39 is 24.6 Å². The molecule has 100 valence electrons. The Morgan fingerprint density at radius 1 is 1.47 bits per heavy atom. The number of thioether (sulfide) groups is 1. The monoisotopic (exact) mass is 264 g/mol. The van der Waals surface area contributed by atoms with E-state index >= 15 is 0 Å². The quantitative estimate of drug-likeness (QED) is 0.612. The Kier molecular flexibility index (Phi) is 7.73. The van der Waals surface area contributed by atoms with Gasteiger partial charge in [0.15, 0.2) is 6.04 Å². The highest BCUT2D eigenvalue weighted by Gasteiger charge is 2.22. The van der Waals surface area contributed by atoms with Crippen molar-refractivity contribution in [1.82, 2.24) is 10.2 Å². The number of nitrogens with one attached hydrogen (secondary N) is 1. The predicted octanol–water partition coefficient (Wildman–Crippen LogP) is 0.215. The Morgan fingerprint density at radius 3 is 2.47 bits per heavy atom. The molecular weight excluding hydrogens is 244 g/mol. The van der Waals surface area contributed by atoms with Gasteiger partial charge in [-0.05, 0) is 25.4 Å². The summed E-state index contributed by atoms with van der Waals surface area (Å²) in [5, 5.41) is 19.7. The minimum atomic E-state index is -1.25. The number of hydrogen-bond donors (Lipinski definition) is 3. The van der Waals surface area contributed by atoms with Crippen LogP contribution >= 0.6 is 11.8 Å². The van der Waals surface area contributed by atoms with Gasteiger partial charge in [-0.25, -0.2) is 9.59 Å². The van der Waals surface area contributed by atoms with E-state index in [1.54, 1.807) is 18.8 Å². The Labute approximate surface area is 105 Å². The summed E-state index contributed by atoms with van der Waals surface area (Å²) in [7, 11) is 1.61. The number of carbonyl (C=O) groups is 2. The van der Waals surface area contributed by atoms with Crippen LogP contribution in [0.1, 0.15) is 13.3 Å². The summed E-state index contributed by atoms with van der Waals surface area (Å²) in [6.45, 7) is 1.28. The van der Waals surface area contributed by atoms with E-state index in [1.165, 1.54) is 4.90 Å². The van der Waals surface area contributed by atoms with Crippen molar-refractivity contribution in [3.05, 3.63) is 0 Å². The summed E-state index contributed by atoms with van der Waals surface area (Å²) >= 11 is 1.69. The van der Waals surface area contributed by atoms with Crippen molar-refractivity contribution >= 4 is 23.8 Å². The van der Waals surface area contributed by atoms with Gasteiger partial charge in [-0.2, -0.15) is 11.8 Å². The average molecular weight is 264 g/mol. The number of rotatable bonds is 7. The molecule has 0 aliphatic heterocycles. The van der Waals surface area contributed by atoms with Crippen LogP contribution in [0.2, 0.25) is 0 Å². The van der Waals surface area contributed by atoms with Crippen LogP contribution < -0.4 is 5.32 Å². The molecule has 0 saturated carbocycles. The van der Waals surface area contributed by atoms with Gasteiger partial charge in [0.1, 0.15) is 0 Å². The molecule has 2 amide bonds. The van der Waals surface area contributed by atoms with E-state index in [-0.39, 0.29) is 6.04 Å². The summed E-state index contributed by atoms with van der Waals surface area (Å²) in [4.78, 5) is 23.7. The lowest BCUT2D eigenvalue weighted by atomic mass is 10.2. The Hall–Kier alpha value is -0.950. The van der Waals surface area contributed by atoms with Gasteiger partial charge >= 0.3 is 12.0 Å². The standard InChI is InChI=1S/C10H20N2O4S/c1-7(4-5-17-3)12(2)10(16)11-8(6-13)9(14)15/h7-8,13H,4-6H2,1-3H3,(H,11,16)(H,14,15)/t7?,8-/m0/s1. The third kappa shape index (κ3) is 5.78. The highest BCUT2D eigenvalue weighted by Crippen LogP contribution is 2.06. The molecule has 17 heavy (non-hydrogen) atoms. The fourth-order valence-corrected chi connectivity index (χ4v) is 1.70. The first-order valence-electron chi connectivity index (χ1n) is 5.30. The molecule has 0 spiro atoms. The summed E-state index contributed by atoms with van der Waals surface area (Å²) in [5.41, 5.74) is 0. The molecule has 6 nitrogen and oxygen atoms in total. The molecule has 3 N–H and O–H groups in total. The van der Waals surface area contributed by atoms with Crippen molar-refractivity contribution in [3.63, 3.8) is 0 Å². The summed E-state index contributed by atoms with van der Waals surface area (Å²) in [6.07, 6.45) is 2.82. The van der Waals surface area contributed by atoms with Crippen LogP contribution in [0.15, 0.2) is 0 Å². The Bertz CT molecular complexity index is 263. The molecule has 0 aromatic rings. The second kappa shape index (κ2) is 8.19. The molecule has 1 unspecified atom stereocenters. The SMILES string of the molecule is CSCCC(C)N(C)C(=O)N[C@@H](CO)C(=O)O. The predicted molar refractivity (Wildman–Crippen MR) is 67.3 cm³/mol. The van der Waals surface area contributed by atoms with Crippen LogP contribution in [0, 0.1) is 0 Å². The van der Waals surface area contributed by atoms with Crippen LogP contribution in [0.25, 0.3) is 0 Å². The van der Waals surface area contributed by atoms with Crippen molar-refractivity contribution in [2.24, 2.45) is 0 Å². The first kappa shape index (κ1) is 16.1. The molecule has 0 aromatic carbocycles. The second-order valence-corrected chi connectivity index (χ2v) is 4.75. The molecule has 2 atom stereocenters. The van der Waals surface area contributed by atoms with Gasteiger partial charge in [0.25, 0.3) is 0 Å². The van der Waals surface area contributed by atoms with Gasteiger partial charge in [-0.3, -0.25) is 0 Å². The topological polar surface area (TPSA) is 89.9 Å². The van der Waals surface area contributed by atoms with E-state index in [9.17, 15) is 9.59 Å². The summed E-state index contributed by atoms with van der Waals surface area (Å²) < 4.78 is 0. The van der Waals surface area contributed by atoms with Gasteiger partial charge < -0.3 is 20.4 Å². The van der Waals surface area contributed by atoms with E-state index in [4.69, 9.17) is 10.2 Å².